The van der Waals surface area contributed by atoms with Gasteiger partial charge >= 0.3 is 0 Å². The van der Waals surface area contributed by atoms with Gasteiger partial charge in [-0.1, -0.05) is 18.5 Å². The average molecular weight is 282 g/mol. The highest BCUT2D eigenvalue weighted by Gasteiger charge is 2.12. The van der Waals surface area contributed by atoms with Crippen LogP contribution in [0.5, 0.6) is 0 Å². The fourth-order valence-corrected chi connectivity index (χ4v) is 2.26. The van der Waals surface area contributed by atoms with Crippen molar-refractivity contribution < 1.29 is 0 Å². The first-order chi connectivity index (χ1) is 9.01. The van der Waals surface area contributed by atoms with Crippen LogP contribution < -0.4 is 5.73 Å². The van der Waals surface area contributed by atoms with Crippen molar-refractivity contribution >= 4 is 11.6 Å². The largest absolute Gasteiger partial charge is 0.331 e. The Balaban J connectivity index is 2.11. The summed E-state index contributed by atoms with van der Waals surface area (Å²) in [5.74, 6) is 0. The Morgan fingerprint density at radius 2 is 2.21 bits per heavy atom. The molecule has 0 radical (unpaired) electrons. The van der Waals surface area contributed by atoms with Crippen LogP contribution in [0.15, 0.2) is 12.5 Å². The van der Waals surface area contributed by atoms with Crippen molar-refractivity contribution in [1.82, 2.24) is 19.3 Å². The SMILES string of the molecule is CCC(N)Cc1cn(Cc2c(Cl)c(C)nn2C)cn1. The zero-order valence-corrected chi connectivity index (χ0v) is 12.4. The van der Waals surface area contributed by atoms with Crippen LogP contribution in [0.3, 0.4) is 0 Å². The Labute approximate surface area is 118 Å². The smallest absolute Gasteiger partial charge is 0.0953 e. The van der Waals surface area contributed by atoms with Gasteiger partial charge in [-0.25, -0.2) is 4.98 Å². The molecular weight excluding hydrogens is 262 g/mol. The zero-order chi connectivity index (χ0) is 14.0. The summed E-state index contributed by atoms with van der Waals surface area (Å²) in [7, 11) is 1.90. The van der Waals surface area contributed by atoms with Crippen molar-refractivity contribution in [3.8, 4) is 0 Å². The first-order valence-electron chi connectivity index (χ1n) is 6.45. The maximum absolute atomic E-state index is 6.24. The molecule has 0 aromatic carbocycles. The van der Waals surface area contributed by atoms with E-state index in [9.17, 15) is 0 Å². The van der Waals surface area contributed by atoms with Crippen molar-refractivity contribution in [2.45, 2.75) is 39.3 Å². The van der Waals surface area contributed by atoms with Gasteiger partial charge in [-0.2, -0.15) is 5.10 Å². The Bertz CT molecular complexity index is 557. The molecule has 2 N–H and O–H groups in total. The van der Waals surface area contributed by atoms with E-state index in [2.05, 4.69) is 17.0 Å². The third-order valence-corrected chi connectivity index (χ3v) is 3.77. The van der Waals surface area contributed by atoms with E-state index in [0.29, 0.717) is 6.54 Å². The molecule has 1 atom stereocenters. The van der Waals surface area contributed by atoms with Gasteiger partial charge in [0, 0.05) is 25.7 Å². The summed E-state index contributed by atoms with van der Waals surface area (Å²) in [5.41, 5.74) is 8.79. The van der Waals surface area contributed by atoms with E-state index in [4.69, 9.17) is 17.3 Å². The van der Waals surface area contributed by atoms with Crippen molar-refractivity contribution in [3.63, 3.8) is 0 Å². The number of aryl methyl sites for hydroxylation is 2. The summed E-state index contributed by atoms with van der Waals surface area (Å²) < 4.78 is 3.83. The molecule has 0 spiro atoms. The molecule has 0 aliphatic rings. The molecule has 0 bridgehead atoms. The lowest BCUT2D eigenvalue weighted by molar-refractivity contribution is 0.636. The van der Waals surface area contributed by atoms with Gasteiger partial charge in [-0.15, -0.1) is 0 Å². The monoisotopic (exact) mass is 281 g/mol. The Morgan fingerprint density at radius 3 is 2.79 bits per heavy atom. The lowest BCUT2D eigenvalue weighted by Gasteiger charge is -2.05. The third-order valence-electron chi connectivity index (χ3n) is 3.28. The first-order valence-corrected chi connectivity index (χ1v) is 6.83. The molecule has 0 amide bonds. The molecule has 6 heteroatoms. The molecule has 2 aromatic rings. The molecular formula is C13H20ClN5. The van der Waals surface area contributed by atoms with E-state index in [1.165, 1.54) is 0 Å². The predicted molar refractivity (Wildman–Crippen MR) is 76.3 cm³/mol. The zero-order valence-electron chi connectivity index (χ0n) is 11.6. The van der Waals surface area contributed by atoms with Crippen LogP contribution in [-0.2, 0) is 20.0 Å². The van der Waals surface area contributed by atoms with Crippen LogP contribution in [0, 0.1) is 6.92 Å². The third kappa shape index (κ3) is 3.16. The fourth-order valence-electron chi connectivity index (χ4n) is 2.04. The quantitative estimate of drug-likeness (QED) is 0.911. The molecule has 19 heavy (non-hydrogen) atoms. The minimum atomic E-state index is 0.172. The van der Waals surface area contributed by atoms with Crippen LogP contribution in [0.25, 0.3) is 0 Å². The number of hydrogen-bond acceptors (Lipinski definition) is 3. The molecule has 2 aromatic heterocycles. The number of nitrogens with zero attached hydrogens (tertiary/aromatic N) is 4. The van der Waals surface area contributed by atoms with E-state index < -0.39 is 0 Å². The Hall–Kier alpha value is -1.33. The van der Waals surface area contributed by atoms with Gasteiger partial charge in [-0.05, 0) is 13.3 Å². The second kappa shape index (κ2) is 5.75. The number of hydrogen-bond donors (Lipinski definition) is 1. The number of halogens is 1. The second-order valence-corrected chi connectivity index (χ2v) is 5.26. The van der Waals surface area contributed by atoms with Gasteiger partial charge < -0.3 is 10.3 Å². The van der Waals surface area contributed by atoms with Gasteiger partial charge in [0.2, 0.25) is 0 Å². The summed E-state index contributed by atoms with van der Waals surface area (Å²) in [6, 6.07) is 0.172. The topological polar surface area (TPSA) is 61.7 Å². The molecule has 0 saturated carbocycles. The van der Waals surface area contributed by atoms with Gasteiger partial charge in [0.15, 0.2) is 0 Å². The van der Waals surface area contributed by atoms with Crippen LogP contribution in [0.2, 0.25) is 5.02 Å². The maximum Gasteiger partial charge on any atom is 0.0953 e. The molecule has 2 rings (SSSR count). The van der Waals surface area contributed by atoms with Gasteiger partial charge in [0.1, 0.15) is 0 Å². The van der Waals surface area contributed by atoms with Crippen molar-refractivity contribution in [1.29, 1.82) is 0 Å². The number of aromatic nitrogens is 4. The van der Waals surface area contributed by atoms with E-state index >= 15 is 0 Å². The molecule has 2 heterocycles. The summed E-state index contributed by atoms with van der Waals surface area (Å²) in [6.45, 7) is 4.66. The summed E-state index contributed by atoms with van der Waals surface area (Å²) in [6.07, 6.45) is 5.60. The first kappa shape index (κ1) is 14.1. The number of imidazole rings is 1. The number of rotatable bonds is 5. The minimum absolute atomic E-state index is 0.172. The molecule has 5 nitrogen and oxygen atoms in total. The van der Waals surface area contributed by atoms with Gasteiger partial charge in [0.05, 0.1) is 35.0 Å². The van der Waals surface area contributed by atoms with Crippen molar-refractivity contribution in [2.75, 3.05) is 0 Å². The molecule has 0 saturated heterocycles. The highest BCUT2D eigenvalue weighted by atomic mass is 35.5. The normalized spacial score (nSPS) is 12.9. The van der Waals surface area contributed by atoms with Crippen LogP contribution in [0.4, 0.5) is 0 Å². The van der Waals surface area contributed by atoms with E-state index in [1.54, 1.807) is 0 Å². The van der Waals surface area contributed by atoms with Gasteiger partial charge in [-0.3, -0.25) is 4.68 Å². The molecule has 104 valence electrons. The summed E-state index contributed by atoms with van der Waals surface area (Å²) in [5, 5.41) is 5.03. The van der Waals surface area contributed by atoms with Crippen LogP contribution in [-0.4, -0.2) is 25.4 Å². The highest BCUT2D eigenvalue weighted by Crippen LogP contribution is 2.20. The second-order valence-electron chi connectivity index (χ2n) is 4.88. The van der Waals surface area contributed by atoms with Crippen LogP contribution >= 0.6 is 11.6 Å². The fraction of sp³-hybridized carbons (Fsp3) is 0.538. The minimum Gasteiger partial charge on any atom is -0.331 e. The predicted octanol–water partition coefficient (Wildman–Crippen LogP) is 1.91. The molecule has 0 aliphatic heterocycles. The van der Waals surface area contributed by atoms with E-state index in [0.717, 1.165) is 34.9 Å². The number of nitrogens with two attached hydrogens (primary N) is 1. The van der Waals surface area contributed by atoms with Crippen LogP contribution in [0.1, 0.15) is 30.4 Å². The standard InChI is InChI=1S/C13H20ClN5/c1-4-10(15)5-11-6-19(8-16-11)7-12-13(14)9(2)17-18(12)3/h6,8,10H,4-5,7,15H2,1-3H3. The Morgan fingerprint density at radius 1 is 1.47 bits per heavy atom. The molecule has 0 aliphatic carbocycles. The van der Waals surface area contributed by atoms with E-state index in [1.807, 2.05) is 35.7 Å². The van der Waals surface area contributed by atoms with Crippen molar-refractivity contribution in [2.24, 2.45) is 12.8 Å². The summed E-state index contributed by atoms with van der Waals surface area (Å²) >= 11 is 6.24. The van der Waals surface area contributed by atoms with Gasteiger partial charge in [0.25, 0.3) is 0 Å². The maximum atomic E-state index is 6.24. The lowest BCUT2D eigenvalue weighted by atomic mass is 10.1. The Kier molecular flexibility index (Phi) is 4.27. The molecule has 1 unspecified atom stereocenters. The molecule has 0 fully saturated rings. The lowest BCUT2D eigenvalue weighted by Crippen LogP contribution is -2.21. The average Bonchev–Trinajstić information content (AvgIpc) is 2.90. The van der Waals surface area contributed by atoms with E-state index in [-0.39, 0.29) is 6.04 Å². The highest BCUT2D eigenvalue weighted by molar-refractivity contribution is 6.31. The summed E-state index contributed by atoms with van der Waals surface area (Å²) in [4.78, 5) is 4.38. The van der Waals surface area contributed by atoms with Crippen molar-refractivity contribution in [3.05, 3.63) is 34.6 Å².